The Kier molecular flexibility index (Phi) is 3.61. The minimum absolute atomic E-state index is 0.582. The summed E-state index contributed by atoms with van der Waals surface area (Å²) in [6.07, 6.45) is 2.45. The maximum absolute atomic E-state index is 6.28. The van der Waals surface area contributed by atoms with E-state index < -0.39 is 0 Å². The molecule has 2 nitrogen and oxygen atoms in total. The zero-order chi connectivity index (χ0) is 12.7. The van der Waals surface area contributed by atoms with Gasteiger partial charge in [-0.2, -0.15) is 11.8 Å². The van der Waals surface area contributed by atoms with Gasteiger partial charge in [-0.1, -0.05) is 27.5 Å². The van der Waals surface area contributed by atoms with E-state index in [0.717, 1.165) is 20.5 Å². The third-order valence-corrected chi connectivity index (χ3v) is 5.32. The average molecular weight is 346 g/mol. The summed E-state index contributed by atoms with van der Waals surface area (Å²) in [5.74, 6) is 4.25. The van der Waals surface area contributed by atoms with E-state index in [2.05, 4.69) is 33.6 Å². The molecule has 5 heteroatoms. The molecule has 96 valence electrons. The number of hydrogen-bond donors (Lipinski definition) is 0. The first-order valence-corrected chi connectivity index (χ1v) is 8.38. The first-order valence-electron chi connectivity index (χ1n) is 6.06. The minimum atomic E-state index is 0.582. The Hall–Kier alpha value is -0.190. The summed E-state index contributed by atoms with van der Waals surface area (Å²) >= 11 is 11.8. The van der Waals surface area contributed by atoms with Crippen molar-refractivity contribution in [3.8, 4) is 0 Å². The van der Waals surface area contributed by atoms with Gasteiger partial charge in [-0.25, -0.2) is 4.98 Å². The molecule has 0 unspecified atom stereocenters. The van der Waals surface area contributed by atoms with Gasteiger partial charge >= 0.3 is 0 Å². The lowest BCUT2D eigenvalue weighted by atomic mass is 10.0. The lowest BCUT2D eigenvalue weighted by Gasteiger charge is -2.20. The van der Waals surface area contributed by atoms with Gasteiger partial charge < -0.3 is 4.57 Å². The van der Waals surface area contributed by atoms with Crippen LogP contribution < -0.4 is 0 Å². The summed E-state index contributed by atoms with van der Waals surface area (Å²) in [6, 6.07) is 4.01. The molecular formula is C13H14BrClN2S. The topological polar surface area (TPSA) is 17.8 Å². The van der Waals surface area contributed by atoms with E-state index >= 15 is 0 Å². The zero-order valence-corrected chi connectivity index (χ0v) is 13.3. The summed E-state index contributed by atoms with van der Waals surface area (Å²) in [5, 5.41) is 0.728. The van der Waals surface area contributed by atoms with Gasteiger partial charge in [-0.3, -0.25) is 0 Å². The smallest absolute Gasteiger partial charge is 0.112 e. The highest BCUT2D eigenvalue weighted by Gasteiger charge is 2.22. The molecule has 0 N–H and O–H groups in total. The Balaban J connectivity index is 2.13. The van der Waals surface area contributed by atoms with E-state index in [1.807, 2.05) is 17.8 Å². The molecule has 1 aromatic carbocycles. The van der Waals surface area contributed by atoms with E-state index in [1.165, 1.54) is 30.2 Å². The monoisotopic (exact) mass is 344 g/mol. The Labute approximate surface area is 124 Å². The van der Waals surface area contributed by atoms with Crippen molar-refractivity contribution in [1.29, 1.82) is 0 Å². The molecule has 18 heavy (non-hydrogen) atoms. The average Bonchev–Trinajstić information content (AvgIpc) is 2.69. The first kappa shape index (κ1) is 12.8. The lowest BCUT2D eigenvalue weighted by molar-refractivity contribution is 0.579. The number of hydrogen-bond acceptors (Lipinski definition) is 2. The number of imidazole rings is 1. The van der Waals surface area contributed by atoms with Crippen molar-refractivity contribution in [2.75, 3.05) is 11.5 Å². The van der Waals surface area contributed by atoms with Gasteiger partial charge in [0.2, 0.25) is 0 Å². The van der Waals surface area contributed by atoms with Crippen LogP contribution >= 0.6 is 39.3 Å². The maximum Gasteiger partial charge on any atom is 0.112 e. The van der Waals surface area contributed by atoms with E-state index in [4.69, 9.17) is 16.6 Å². The number of thioether (sulfide) groups is 1. The molecule has 1 aromatic heterocycles. The van der Waals surface area contributed by atoms with Gasteiger partial charge in [0.15, 0.2) is 0 Å². The molecule has 0 aliphatic carbocycles. The van der Waals surface area contributed by atoms with Gasteiger partial charge in [0.25, 0.3) is 0 Å². The second-order valence-corrected chi connectivity index (χ2v) is 7.22. The Bertz CT molecular complexity index is 590. The van der Waals surface area contributed by atoms with E-state index in [-0.39, 0.29) is 0 Å². The van der Waals surface area contributed by atoms with Gasteiger partial charge in [-0.15, -0.1) is 0 Å². The third-order valence-electron chi connectivity index (χ3n) is 3.53. The third kappa shape index (κ3) is 2.19. The number of halogens is 2. The molecule has 2 aromatic rings. The molecule has 0 saturated carbocycles. The summed E-state index contributed by atoms with van der Waals surface area (Å²) in [5.41, 5.74) is 2.04. The van der Waals surface area contributed by atoms with Crippen LogP contribution in [0, 0.1) is 0 Å². The van der Waals surface area contributed by atoms with Gasteiger partial charge in [0, 0.05) is 17.4 Å². The first-order chi connectivity index (χ1) is 8.66. The highest BCUT2D eigenvalue weighted by atomic mass is 79.9. The summed E-state index contributed by atoms with van der Waals surface area (Å²) in [6.45, 7) is 0. The van der Waals surface area contributed by atoms with E-state index in [0.29, 0.717) is 5.92 Å². The highest BCUT2D eigenvalue weighted by molar-refractivity contribution is 9.10. The fourth-order valence-corrected chi connectivity index (χ4v) is 4.49. The molecule has 0 spiro atoms. The van der Waals surface area contributed by atoms with Crippen LogP contribution in [0.5, 0.6) is 0 Å². The molecule has 0 atom stereocenters. The fraction of sp³-hybridized carbons (Fsp3) is 0.462. The van der Waals surface area contributed by atoms with Crippen molar-refractivity contribution >= 4 is 50.3 Å². The van der Waals surface area contributed by atoms with Crippen molar-refractivity contribution in [3.05, 3.63) is 27.5 Å². The number of aromatic nitrogens is 2. The molecule has 0 amide bonds. The number of fused-ring (bicyclic) bond motifs is 1. The molecule has 1 aliphatic heterocycles. The Morgan fingerprint density at radius 2 is 2.11 bits per heavy atom. The predicted molar refractivity (Wildman–Crippen MR) is 82.7 cm³/mol. The molecule has 2 heterocycles. The van der Waals surface area contributed by atoms with Crippen LogP contribution in [0.3, 0.4) is 0 Å². The van der Waals surface area contributed by atoms with Crippen molar-refractivity contribution in [1.82, 2.24) is 9.55 Å². The van der Waals surface area contributed by atoms with Crippen molar-refractivity contribution in [3.63, 3.8) is 0 Å². The lowest BCUT2D eigenvalue weighted by Crippen LogP contribution is -2.12. The molecule has 1 saturated heterocycles. The van der Waals surface area contributed by atoms with Crippen LogP contribution in [0.15, 0.2) is 16.6 Å². The van der Waals surface area contributed by atoms with Gasteiger partial charge in [0.1, 0.15) is 11.3 Å². The van der Waals surface area contributed by atoms with Crippen molar-refractivity contribution in [2.24, 2.45) is 7.05 Å². The van der Waals surface area contributed by atoms with Crippen LogP contribution in [0.4, 0.5) is 0 Å². The minimum Gasteiger partial charge on any atom is -0.331 e. The molecule has 0 bridgehead atoms. The van der Waals surface area contributed by atoms with Crippen LogP contribution in [0.1, 0.15) is 24.6 Å². The second kappa shape index (κ2) is 5.06. The quantitative estimate of drug-likeness (QED) is 0.751. The SMILES string of the molecule is Cn1c(C2CCSCC2)nc2c(Cl)cc(Br)cc21. The van der Waals surface area contributed by atoms with Crippen molar-refractivity contribution in [2.45, 2.75) is 18.8 Å². The maximum atomic E-state index is 6.28. The Morgan fingerprint density at radius 1 is 1.39 bits per heavy atom. The van der Waals surface area contributed by atoms with Crippen LogP contribution in [-0.2, 0) is 7.05 Å². The molecule has 1 aliphatic rings. The Morgan fingerprint density at radius 3 is 2.83 bits per heavy atom. The number of rotatable bonds is 1. The normalized spacial score (nSPS) is 17.5. The highest BCUT2D eigenvalue weighted by Crippen LogP contribution is 2.35. The molecular weight excluding hydrogens is 332 g/mol. The van der Waals surface area contributed by atoms with Gasteiger partial charge in [0.05, 0.1) is 10.5 Å². The van der Waals surface area contributed by atoms with Crippen LogP contribution in [0.2, 0.25) is 5.02 Å². The summed E-state index contributed by atoms with van der Waals surface area (Å²) in [4.78, 5) is 4.78. The van der Waals surface area contributed by atoms with Gasteiger partial charge in [-0.05, 0) is 36.5 Å². The second-order valence-electron chi connectivity index (χ2n) is 4.67. The summed E-state index contributed by atoms with van der Waals surface area (Å²) < 4.78 is 3.21. The molecule has 3 rings (SSSR count). The van der Waals surface area contributed by atoms with Crippen LogP contribution in [0.25, 0.3) is 11.0 Å². The zero-order valence-electron chi connectivity index (χ0n) is 10.1. The molecule has 1 fully saturated rings. The van der Waals surface area contributed by atoms with Crippen molar-refractivity contribution < 1.29 is 0 Å². The van der Waals surface area contributed by atoms with Crippen LogP contribution in [-0.4, -0.2) is 21.1 Å². The van der Waals surface area contributed by atoms with E-state index in [9.17, 15) is 0 Å². The standard InChI is InChI=1S/C13H14BrClN2S/c1-17-11-7-9(14)6-10(15)12(11)16-13(17)8-2-4-18-5-3-8/h6-8H,2-5H2,1H3. The van der Waals surface area contributed by atoms with E-state index in [1.54, 1.807) is 0 Å². The fourth-order valence-electron chi connectivity index (χ4n) is 2.55. The summed E-state index contributed by atoms with van der Waals surface area (Å²) in [7, 11) is 2.09. The number of benzene rings is 1. The number of aryl methyl sites for hydroxylation is 1. The molecule has 0 radical (unpaired) electrons. The predicted octanol–water partition coefficient (Wildman–Crippen LogP) is 4.60. The number of nitrogens with zero attached hydrogens (tertiary/aromatic N) is 2. The largest absolute Gasteiger partial charge is 0.331 e.